The van der Waals surface area contributed by atoms with Crippen LogP contribution in [-0.2, 0) is 0 Å². The number of aromatic amines is 2. The molecule has 0 amide bonds. The summed E-state index contributed by atoms with van der Waals surface area (Å²) in [5.41, 5.74) is 4.77. The minimum absolute atomic E-state index is 0.687. The van der Waals surface area contributed by atoms with Gasteiger partial charge in [-0.3, -0.25) is 5.10 Å². The third-order valence-electron chi connectivity index (χ3n) is 5.41. The average Bonchev–Trinajstić information content (AvgIpc) is 3.43. The van der Waals surface area contributed by atoms with Gasteiger partial charge in [-0.1, -0.05) is 11.6 Å². The maximum absolute atomic E-state index is 6.15. The van der Waals surface area contributed by atoms with E-state index >= 15 is 0 Å². The van der Waals surface area contributed by atoms with Gasteiger partial charge in [0.05, 0.1) is 16.6 Å². The predicted molar refractivity (Wildman–Crippen MR) is 115 cm³/mol. The van der Waals surface area contributed by atoms with Gasteiger partial charge in [0.15, 0.2) is 5.82 Å². The van der Waals surface area contributed by atoms with Gasteiger partial charge in [0.25, 0.3) is 0 Å². The Bertz CT molecular complexity index is 1110. The summed E-state index contributed by atoms with van der Waals surface area (Å²) in [7, 11) is 0. The van der Waals surface area contributed by atoms with Crippen molar-refractivity contribution in [2.45, 2.75) is 19.3 Å². The van der Waals surface area contributed by atoms with Crippen molar-refractivity contribution in [3.63, 3.8) is 0 Å². The second-order valence-electron chi connectivity index (χ2n) is 7.41. The topological polar surface area (TPSA) is 72.6 Å². The first-order chi connectivity index (χ1) is 13.8. The Hall–Kier alpha value is -2.57. The summed E-state index contributed by atoms with van der Waals surface area (Å²) in [5, 5.41) is 12.6. The molecule has 0 spiro atoms. The minimum atomic E-state index is 0.687. The lowest BCUT2D eigenvalue weighted by molar-refractivity contribution is 0.337. The molecular formula is C21H23ClN6. The average molecular weight is 395 g/mol. The van der Waals surface area contributed by atoms with Crippen molar-refractivity contribution in [2.75, 3.05) is 31.5 Å². The number of nitrogens with one attached hydrogen (secondary N) is 3. The van der Waals surface area contributed by atoms with Crippen LogP contribution in [0.2, 0.25) is 5.02 Å². The van der Waals surface area contributed by atoms with E-state index < -0.39 is 0 Å². The van der Waals surface area contributed by atoms with Crippen molar-refractivity contribution in [1.29, 1.82) is 0 Å². The second-order valence-corrected chi connectivity index (χ2v) is 7.84. The highest BCUT2D eigenvalue weighted by molar-refractivity contribution is 6.31. The number of benzene rings is 2. The molecule has 3 N–H and O–H groups in total. The molecule has 0 radical (unpaired) electrons. The molecule has 0 atom stereocenters. The van der Waals surface area contributed by atoms with Crippen LogP contribution >= 0.6 is 11.6 Å². The Morgan fingerprint density at radius 1 is 1.07 bits per heavy atom. The first-order valence-electron chi connectivity index (χ1n) is 9.86. The van der Waals surface area contributed by atoms with Gasteiger partial charge in [-0.2, -0.15) is 5.10 Å². The van der Waals surface area contributed by atoms with Crippen LogP contribution in [0.25, 0.3) is 33.5 Å². The molecule has 6 nitrogen and oxygen atoms in total. The van der Waals surface area contributed by atoms with Gasteiger partial charge < -0.3 is 15.2 Å². The summed E-state index contributed by atoms with van der Waals surface area (Å²) in [4.78, 5) is 10.7. The molecule has 1 aliphatic heterocycles. The number of rotatable bonds is 6. The zero-order valence-electron chi connectivity index (χ0n) is 15.6. The molecule has 2 aromatic carbocycles. The van der Waals surface area contributed by atoms with Crippen LogP contribution < -0.4 is 5.32 Å². The molecule has 0 unspecified atom stereocenters. The van der Waals surface area contributed by atoms with Crippen LogP contribution in [-0.4, -0.2) is 51.2 Å². The van der Waals surface area contributed by atoms with Crippen molar-refractivity contribution in [3.8, 4) is 11.5 Å². The Morgan fingerprint density at radius 2 is 1.96 bits per heavy atom. The Kier molecular flexibility index (Phi) is 4.66. The zero-order chi connectivity index (χ0) is 18.9. The van der Waals surface area contributed by atoms with E-state index in [9.17, 15) is 0 Å². The van der Waals surface area contributed by atoms with Crippen molar-refractivity contribution >= 4 is 39.2 Å². The summed E-state index contributed by atoms with van der Waals surface area (Å²) in [6, 6.07) is 11.9. The highest BCUT2D eigenvalue weighted by Crippen LogP contribution is 2.29. The number of aromatic nitrogens is 4. The lowest BCUT2D eigenvalue weighted by atomic mass is 10.2. The fourth-order valence-corrected chi connectivity index (χ4v) is 4.11. The molecule has 2 aromatic heterocycles. The van der Waals surface area contributed by atoms with E-state index in [1.165, 1.54) is 32.5 Å². The standard InChI is InChI=1S/C21H23ClN6/c22-14-4-6-17-16(12-14)20(27-26-17)21-24-18-7-5-15(13-19(18)25-21)23-8-3-11-28-9-1-2-10-28/h4-7,12-13,23H,1-3,8-11H2,(H,24,25)(H,26,27). The van der Waals surface area contributed by atoms with Gasteiger partial charge in [0.1, 0.15) is 5.69 Å². The predicted octanol–water partition coefficient (Wildman–Crippen LogP) is 4.66. The zero-order valence-corrected chi connectivity index (χ0v) is 16.4. The van der Waals surface area contributed by atoms with E-state index in [2.05, 4.69) is 37.5 Å². The monoisotopic (exact) mass is 394 g/mol. The third kappa shape index (κ3) is 3.45. The molecule has 3 heterocycles. The van der Waals surface area contributed by atoms with E-state index in [1.807, 2.05) is 24.3 Å². The lowest BCUT2D eigenvalue weighted by Gasteiger charge is -2.14. The number of hydrogen-bond donors (Lipinski definition) is 3. The van der Waals surface area contributed by atoms with Crippen LogP contribution in [0.3, 0.4) is 0 Å². The molecule has 0 bridgehead atoms. The van der Waals surface area contributed by atoms with Crippen LogP contribution in [0.4, 0.5) is 5.69 Å². The van der Waals surface area contributed by atoms with Gasteiger partial charge in [-0.05, 0) is 75.3 Å². The van der Waals surface area contributed by atoms with Crippen LogP contribution in [0, 0.1) is 0 Å². The molecule has 1 aliphatic rings. The summed E-state index contributed by atoms with van der Waals surface area (Å²) in [6.07, 6.45) is 3.86. The molecule has 0 aliphatic carbocycles. The molecule has 4 aromatic rings. The molecule has 0 saturated carbocycles. The number of H-pyrrole nitrogens is 2. The van der Waals surface area contributed by atoms with E-state index in [-0.39, 0.29) is 0 Å². The quantitative estimate of drug-likeness (QED) is 0.416. The number of hydrogen-bond acceptors (Lipinski definition) is 4. The summed E-state index contributed by atoms with van der Waals surface area (Å²) in [5.74, 6) is 0.745. The molecule has 28 heavy (non-hydrogen) atoms. The molecule has 1 saturated heterocycles. The fourth-order valence-electron chi connectivity index (χ4n) is 3.94. The smallest absolute Gasteiger partial charge is 0.159 e. The molecule has 1 fully saturated rings. The van der Waals surface area contributed by atoms with E-state index in [1.54, 1.807) is 0 Å². The number of nitrogens with zero attached hydrogens (tertiary/aromatic N) is 3. The highest BCUT2D eigenvalue weighted by Gasteiger charge is 2.13. The summed E-state index contributed by atoms with van der Waals surface area (Å²) < 4.78 is 0. The largest absolute Gasteiger partial charge is 0.385 e. The van der Waals surface area contributed by atoms with Gasteiger partial charge in [-0.25, -0.2) is 4.98 Å². The van der Waals surface area contributed by atoms with Crippen LogP contribution in [0.1, 0.15) is 19.3 Å². The Morgan fingerprint density at radius 3 is 2.86 bits per heavy atom. The Labute approximate surface area is 168 Å². The maximum Gasteiger partial charge on any atom is 0.159 e. The van der Waals surface area contributed by atoms with Crippen molar-refractivity contribution in [3.05, 3.63) is 41.4 Å². The third-order valence-corrected chi connectivity index (χ3v) is 5.65. The van der Waals surface area contributed by atoms with Gasteiger partial charge in [0, 0.05) is 22.6 Å². The summed E-state index contributed by atoms with van der Waals surface area (Å²) in [6.45, 7) is 4.68. The highest BCUT2D eigenvalue weighted by atomic mass is 35.5. The SMILES string of the molecule is Clc1ccc2[nH]nc(-c3nc4ccc(NCCCN5CCCC5)cc4[nH]3)c2c1. The normalized spacial score (nSPS) is 15.0. The van der Waals surface area contributed by atoms with Crippen LogP contribution in [0.5, 0.6) is 0 Å². The summed E-state index contributed by atoms with van der Waals surface area (Å²) >= 11 is 6.15. The van der Waals surface area contributed by atoms with E-state index in [0.29, 0.717) is 5.02 Å². The number of fused-ring (bicyclic) bond motifs is 2. The second kappa shape index (κ2) is 7.45. The Balaban J connectivity index is 1.32. The minimum Gasteiger partial charge on any atom is -0.385 e. The van der Waals surface area contributed by atoms with Gasteiger partial charge in [-0.15, -0.1) is 0 Å². The molecule has 5 rings (SSSR count). The van der Waals surface area contributed by atoms with E-state index in [0.717, 1.165) is 52.1 Å². The first kappa shape index (κ1) is 17.5. The fraction of sp³-hybridized carbons (Fsp3) is 0.333. The molecule has 7 heteroatoms. The first-order valence-corrected chi connectivity index (χ1v) is 10.2. The van der Waals surface area contributed by atoms with Crippen LogP contribution in [0.15, 0.2) is 36.4 Å². The maximum atomic E-state index is 6.15. The molecular weight excluding hydrogens is 372 g/mol. The van der Waals surface area contributed by atoms with E-state index in [4.69, 9.17) is 16.6 Å². The van der Waals surface area contributed by atoms with Crippen molar-refractivity contribution < 1.29 is 0 Å². The molecule has 144 valence electrons. The van der Waals surface area contributed by atoms with Crippen molar-refractivity contribution in [2.24, 2.45) is 0 Å². The lowest BCUT2D eigenvalue weighted by Crippen LogP contribution is -2.22. The number of anilines is 1. The van der Waals surface area contributed by atoms with Gasteiger partial charge in [0.2, 0.25) is 0 Å². The van der Waals surface area contributed by atoms with Crippen molar-refractivity contribution in [1.82, 2.24) is 25.1 Å². The van der Waals surface area contributed by atoms with Gasteiger partial charge >= 0.3 is 0 Å². The number of imidazole rings is 1. The number of halogens is 1. The number of likely N-dealkylation sites (tertiary alicyclic amines) is 1.